The summed E-state index contributed by atoms with van der Waals surface area (Å²) in [4.78, 5) is 73.0. The second kappa shape index (κ2) is 33.6. The molecule has 10 N–H and O–H groups in total. The largest absolute Gasteiger partial charge is 0.472 e. The first-order chi connectivity index (χ1) is 29.3. The van der Waals surface area contributed by atoms with Crippen LogP contribution in [0.15, 0.2) is 0 Å². The Balaban J connectivity index is 2.78. The van der Waals surface area contributed by atoms with Gasteiger partial charge in [0.15, 0.2) is 6.10 Å². The molecule has 1 aliphatic carbocycles. The summed E-state index contributed by atoms with van der Waals surface area (Å²) < 4.78 is 65.4. The third kappa shape index (κ3) is 29.6. The molecule has 0 radical (unpaired) electrons. The molecule has 0 saturated heterocycles. The molecule has 368 valence electrons. The second-order valence-electron chi connectivity index (χ2n) is 16.1. The van der Waals surface area contributed by atoms with Gasteiger partial charge in [-0.3, -0.25) is 27.7 Å². The van der Waals surface area contributed by atoms with Gasteiger partial charge in [0.05, 0.1) is 6.61 Å². The average Bonchev–Trinajstić information content (AvgIpc) is 3.19. The number of phosphoric acid groups is 3. The van der Waals surface area contributed by atoms with E-state index in [2.05, 4.69) is 16.0 Å². The molecular weight excluding hydrogens is 879 g/mol. The van der Waals surface area contributed by atoms with Crippen LogP contribution in [-0.2, 0) is 50.9 Å². The SMILES string of the molecule is CCCCCCCCCCCCCCCC(=O)O[C@H](COC(=O)CCCCCCCCCCCCCN)COP(=O)(O)OC1C(O)[C@H](OP(=O)(O)O)C(O)[C@H](OP(=O)(O)O)[C@@H]1O. The van der Waals surface area contributed by atoms with Gasteiger partial charge in [0, 0.05) is 12.8 Å². The zero-order valence-corrected chi connectivity index (χ0v) is 39.2. The normalized spacial score (nSPS) is 22.3. The van der Waals surface area contributed by atoms with Crippen LogP contribution in [0.1, 0.15) is 174 Å². The van der Waals surface area contributed by atoms with Crippen LogP contribution < -0.4 is 5.73 Å². The van der Waals surface area contributed by atoms with Crippen molar-refractivity contribution < 1.29 is 90.6 Å². The average molecular weight is 958 g/mol. The number of esters is 2. The van der Waals surface area contributed by atoms with E-state index < -0.39 is 91.3 Å². The van der Waals surface area contributed by atoms with Gasteiger partial charge in [-0.2, -0.15) is 0 Å². The lowest BCUT2D eigenvalue weighted by Crippen LogP contribution is -2.65. The van der Waals surface area contributed by atoms with Gasteiger partial charge >= 0.3 is 35.4 Å². The first kappa shape index (κ1) is 59.1. The van der Waals surface area contributed by atoms with Gasteiger partial charge in [-0.25, -0.2) is 13.7 Å². The summed E-state index contributed by atoms with van der Waals surface area (Å²) in [6.45, 7) is 1.42. The number of aliphatic hydroxyl groups is 3. The van der Waals surface area contributed by atoms with Crippen molar-refractivity contribution in [2.24, 2.45) is 5.73 Å². The summed E-state index contributed by atoms with van der Waals surface area (Å²) in [5.41, 5.74) is 5.53. The van der Waals surface area contributed by atoms with E-state index in [4.69, 9.17) is 24.3 Å². The predicted octanol–water partition coefficient (Wildman–Crippen LogP) is 6.12. The molecule has 0 aliphatic heterocycles. The number of carbonyl (C=O) groups excluding carboxylic acids is 2. The lowest BCUT2D eigenvalue weighted by atomic mass is 9.85. The van der Waals surface area contributed by atoms with Crippen molar-refractivity contribution in [1.82, 2.24) is 0 Å². The maximum absolute atomic E-state index is 13.1. The fourth-order valence-electron chi connectivity index (χ4n) is 7.13. The Morgan fingerprint density at radius 3 is 1.21 bits per heavy atom. The molecule has 8 atom stereocenters. The summed E-state index contributed by atoms with van der Waals surface area (Å²) in [7, 11) is -16.6. The Morgan fingerprint density at radius 2 is 0.839 bits per heavy atom. The number of hydrogen-bond donors (Lipinski definition) is 9. The van der Waals surface area contributed by atoms with Crippen molar-refractivity contribution >= 4 is 35.4 Å². The highest BCUT2D eigenvalue weighted by molar-refractivity contribution is 7.47. The Labute approximate surface area is 367 Å². The summed E-state index contributed by atoms with van der Waals surface area (Å²) in [6, 6.07) is 0. The molecule has 4 unspecified atom stereocenters. The third-order valence-electron chi connectivity index (χ3n) is 10.5. The Morgan fingerprint density at radius 1 is 0.500 bits per heavy atom. The summed E-state index contributed by atoms with van der Waals surface area (Å²) in [5, 5.41) is 31.8. The summed E-state index contributed by atoms with van der Waals surface area (Å²) >= 11 is 0. The maximum atomic E-state index is 13.1. The van der Waals surface area contributed by atoms with Crippen LogP contribution in [0.2, 0.25) is 0 Å². The number of aliphatic hydroxyl groups excluding tert-OH is 3. The third-order valence-corrected chi connectivity index (χ3v) is 12.5. The first-order valence-corrected chi connectivity index (χ1v) is 27.1. The fourth-order valence-corrected chi connectivity index (χ4v) is 9.24. The molecule has 1 rings (SSSR count). The van der Waals surface area contributed by atoms with Crippen LogP contribution in [-0.4, -0.2) is 114 Å². The summed E-state index contributed by atoms with van der Waals surface area (Å²) in [5.74, 6) is -1.31. The molecule has 0 aromatic heterocycles. The highest BCUT2D eigenvalue weighted by atomic mass is 31.2. The molecule has 0 bridgehead atoms. The molecule has 0 aromatic rings. The zero-order valence-electron chi connectivity index (χ0n) is 36.5. The van der Waals surface area contributed by atoms with Crippen molar-refractivity contribution in [2.45, 2.75) is 217 Å². The molecule has 62 heavy (non-hydrogen) atoms. The monoisotopic (exact) mass is 957 g/mol. The lowest BCUT2D eigenvalue weighted by molar-refractivity contribution is -0.213. The van der Waals surface area contributed by atoms with Gasteiger partial charge in [0.1, 0.15) is 43.2 Å². The molecule has 1 saturated carbocycles. The van der Waals surface area contributed by atoms with Gasteiger partial charge in [-0.15, -0.1) is 0 Å². The lowest BCUT2D eigenvalue weighted by Gasteiger charge is -2.44. The number of carbonyl (C=O) groups is 2. The van der Waals surface area contributed by atoms with Crippen molar-refractivity contribution in [1.29, 1.82) is 0 Å². The molecule has 20 nitrogen and oxygen atoms in total. The highest BCUT2D eigenvalue weighted by Gasteiger charge is 2.56. The standard InChI is InChI=1S/C39H78NO19P3/c1-2-3-4-5-6-7-8-9-11-15-18-21-24-27-33(42)56-31(29-54-32(41)26-23-20-17-14-12-10-13-16-19-22-25-28-40)30-55-62(52,53)59-39-35(44)37(57-60(46,47)48)34(43)38(36(39)45)58-61(49,50)51/h31,34-39,43-45H,2-30,40H2,1H3,(H,52,53)(H2,46,47,48)(H2,49,50,51)/t31-,34?,35+,36?,37+,38-,39?/m1/s1. The van der Waals surface area contributed by atoms with E-state index >= 15 is 0 Å². The van der Waals surface area contributed by atoms with E-state index in [1.807, 2.05) is 0 Å². The van der Waals surface area contributed by atoms with E-state index in [9.17, 15) is 63.1 Å². The van der Waals surface area contributed by atoms with Gasteiger partial charge in [-0.05, 0) is 25.8 Å². The van der Waals surface area contributed by atoms with Crippen LogP contribution in [0.3, 0.4) is 0 Å². The Hall–Kier alpha value is -0.890. The van der Waals surface area contributed by atoms with Gasteiger partial charge in [-0.1, -0.05) is 142 Å². The number of phosphoric ester groups is 3. The van der Waals surface area contributed by atoms with E-state index in [1.54, 1.807) is 0 Å². The van der Waals surface area contributed by atoms with Crippen LogP contribution in [0.5, 0.6) is 0 Å². The van der Waals surface area contributed by atoms with E-state index in [0.29, 0.717) is 12.8 Å². The van der Waals surface area contributed by atoms with Crippen LogP contribution in [0, 0.1) is 0 Å². The molecule has 1 aliphatic rings. The molecule has 0 heterocycles. The molecular formula is C39H78NO19P3. The number of rotatable bonds is 39. The van der Waals surface area contributed by atoms with Gasteiger partial charge < -0.3 is 55.0 Å². The van der Waals surface area contributed by atoms with Crippen LogP contribution in [0.4, 0.5) is 0 Å². The molecule has 0 aromatic carbocycles. The Kier molecular flexibility index (Phi) is 32.0. The topological polar surface area (TPSA) is 329 Å². The molecule has 0 amide bonds. The number of ether oxygens (including phenoxy) is 2. The van der Waals surface area contributed by atoms with Crippen LogP contribution >= 0.6 is 23.5 Å². The van der Waals surface area contributed by atoms with E-state index in [0.717, 1.165) is 83.6 Å². The van der Waals surface area contributed by atoms with Crippen molar-refractivity contribution in [3.63, 3.8) is 0 Å². The Bertz CT molecular complexity index is 1300. The van der Waals surface area contributed by atoms with E-state index in [1.165, 1.54) is 64.2 Å². The van der Waals surface area contributed by atoms with Crippen molar-refractivity contribution in [3.05, 3.63) is 0 Å². The minimum atomic E-state index is -5.55. The van der Waals surface area contributed by atoms with Crippen molar-refractivity contribution in [3.8, 4) is 0 Å². The number of nitrogens with two attached hydrogens (primary N) is 1. The van der Waals surface area contributed by atoms with Crippen LogP contribution in [0.25, 0.3) is 0 Å². The zero-order chi connectivity index (χ0) is 46.4. The minimum absolute atomic E-state index is 0.00548. The number of unbranched alkanes of at least 4 members (excludes halogenated alkanes) is 22. The second-order valence-corrected chi connectivity index (χ2v) is 19.9. The smallest absolute Gasteiger partial charge is 0.462 e. The van der Waals surface area contributed by atoms with E-state index in [-0.39, 0.29) is 12.8 Å². The molecule has 1 fully saturated rings. The summed E-state index contributed by atoms with van der Waals surface area (Å²) in [6.07, 6.45) is 9.35. The molecule has 23 heteroatoms. The first-order valence-electron chi connectivity index (χ1n) is 22.5. The predicted molar refractivity (Wildman–Crippen MR) is 228 cm³/mol. The maximum Gasteiger partial charge on any atom is 0.472 e. The quantitative estimate of drug-likeness (QED) is 0.0190. The van der Waals surface area contributed by atoms with Gasteiger partial charge in [0.2, 0.25) is 0 Å². The minimum Gasteiger partial charge on any atom is -0.462 e. The molecule has 0 spiro atoms. The number of hydrogen-bond acceptors (Lipinski definition) is 15. The van der Waals surface area contributed by atoms with Crippen molar-refractivity contribution in [2.75, 3.05) is 19.8 Å². The fraction of sp³-hybridized carbons (Fsp3) is 0.949. The van der Waals surface area contributed by atoms with Gasteiger partial charge in [0.25, 0.3) is 0 Å². The highest BCUT2D eigenvalue weighted by Crippen LogP contribution is 2.51.